The smallest absolute Gasteiger partial charge is 0.130 e. The zero-order valence-electron chi connectivity index (χ0n) is 12.4. The molecule has 0 spiro atoms. The summed E-state index contributed by atoms with van der Waals surface area (Å²) in [6.07, 6.45) is 6.43. The summed E-state index contributed by atoms with van der Waals surface area (Å²) in [4.78, 5) is 2.62. The molecular weight excluding hydrogens is 236 g/mol. The molecule has 1 heterocycles. The summed E-state index contributed by atoms with van der Waals surface area (Å²) < 4.78 is 2.08. The average molecular weight is 262 g/mol. The van der Waals surface area contributed by atoms with Gasteiger partial charge in [-0.05, 0) is 51.9 Å². The molecule has 1 unspecified atom stereocenters. The van der Waals surface area contributed by atoms with Gasteiger partial charge in [-0.2, -0.15) is 5.10 Å². The Morgan fingerprint density at radius 3 is 2.58 bits per heavy atom. The molecule has 2 fully saturated rings. The predicted octanol–water partition coefficient (Wildman–Crippen LogP) is 2.00. The van der Waals surface area contributed by atoms with Crippen molar-refractivity contribution < 1.29 is 0 Å². The molecule has 4 nitrogen and oxygen atoms in total. The van der Waals surface area contributed by atoms with E-state index in [4.69, 9.17) is 5.73 Å². The quantitative estimate of drug-likeness (QED) is 0.853. The first kappa shape index (κ1) is 13.0. The molecule has 1 aromatic rings. The third-order valence-electron chi connectivity index (χ3n) is 4.25. The first-order valence-electron chi connectivity index (χ1n) is 7.61. The topological polar surface area (TPSA) is 47.1 Å². The van der Waals surface area contributed by atoms with Crippen molar-refractivity contribution in [1.29, 1.82) is 0 Å². The number of aromatic nitrogens is 2. The summed E-state index contributed by atoms with van der Waals surface area (Å²) in [5.41, 5.74) is 8.54. The Morgan fingerprint density at radius 2 is 2.05 bits per heavy atom. The van der Waals surface area contributed by atoms with Gasteiger partial charge in [0.05, 0.1) is 5.69 Å². The van der Waals surface area contributed by atoms with Crippen molar-refractivity contribution in [2.45, 2.75) is 58.0 Å². The minimum Gasteiger partial charge on any atom is -0.353 e. The van der Waals surface area contributed by atoms with Gasteiger partial charge in [0, 0.05) is 31.2 Å². The van der Waals surface area contributed by atoms with Crippen LogP contribution in [0.1, 0.15) is 43.9 Å². The summed E-state index contributed by atoms with van der Waals surface area (Å²) >= 11 is 0. The monoisotopic (exact) mass is 262 g/mol. The van der Waals surface area contributed by atoms with Crippen LogP contribution in [0.5, 0.6) is 0 Å². The molecule has 0 aromatic carbocycles. The molecule has 0 saturated heterocycles. The van der Waals surface area contributed by atoms with Gasteiger partial charge in [0.15, 0.2) is 0 Å². The van der Waals surface area contributed by atoms with Crippen LogP contribution in [0, 0.1) is 12.8 Å². The lowest BCUT2D eigenvalue weighted by Gasteiger charge is -2.26. The number of aryl methyl sites for hydroxylation is 2. The molecule has 19 heavy (non-hydrogen) atoms. The number of hydrogen-bond donors (Lipinski definition) is 1. The first-order chi connectivity index (χ1) is 9.06. The lowest BCUT2D eigenvalue weighted by atomic mass is 10.1. The summed E-state index contributed by atoms with van der Waals surface area (Å²) in [7, 11) is 2.08. The molecule has 3 rings (SSSR count). The fraction of sp³-hybridized carbons (Fsp3) is 0.800. The van der Waals surface area contributed by atoms with Gasteiger partial charge in [0.1, 0.15) is 5.82 Å². The Balaban J connectivity index is 1.91. The van der Waals surface area contributed by atoms with Crippen LogP contribution in [-0.4, -0.2) is 28.4 Å². The fourth-order valence-corrected chi connectivity index (χ4v) is 2.98. The third kappa shape index (κ3) is 2.78. The van der Waals surface area contributed by atoms with Gasteiger partial charge in [-0.3, -0.25) is 4.68 Å². The molecule has 1 aromatic heterocycles. The highest BCUT2D eigenvalue weighted by atomic mass is 15.4. The van der Waals surface area contributed by atoms with E-state index in [1.54, 1.807) is 0 Å². The predicted molar refractivity (Wildman–Crippen MR) is 78.4 cm³/mol. The van der Waals surface area contributed by atoms with Crippen molar-refractivity contribution in [3.8, 4) is 0 Å². The van der Waals surface area contributed by atoms with Crippen molar-refractivity contribution in [1.82, 2.24) is 9.78 Å². The van der Waals surface area contributed by atoms with Crippen LogP contribution in [0.3, 0.4) is 0 Å². The van der Waals surface area contributed by atoms with Gasteiger partial charge >= 0.3 is 0 Å². The van der Waals surface area contributed by atoms with Crippen LogP contribution >= 0.6 is 0 Å². The Bertz CT molecular complexity index is 455. The van der Waals surface area contributed by atoms with E-state index in [0.29, 0.717) is 0 Å². The molecule has 2 aliphatic carbocycles. The highest BCUT2D eigenvalue weighted by Crippen LogP contribution is 2.39. The SMILES string of the molecule is Cc1nn(C)c(N(CC2CC2)C2CC2)c1CC(C)N. The second-order valence-corrected chi connectivity index (χ2v) is 6.52. The number of nitrogens with zero attached hydrogens (tertiary/aromatic N) is 3. The van der Waals surface area contributed by atoms with Gasteiger partial charge in [0.2, 0.25) is 0 Å². The molecule has 0 bridgehead atoms. The fourth-order valence-electron chi connectivity index (χ4n) is 2.98. The van der Waals surface area contributed by atoms with E-state index < -0.39 is 0 Å². The van der Waals surface area contributed by atoms with Crippen molar-refractivity contribution in [3.63, 3.8) is 0 Å². The second-order valence-electron chi connectivity index (χ2n) is 6.52. The van der Waals surface area contributed by atoms with Gasteiger partial charge in [-0.15, -0.1) is 0 Å². The molecular formula is C15H26N4. The van der Waals surface area contributed by atoms with Crippen LogP contribution < -0.4 is 10.6 Å². The number of nitrogens with two attached hydrogens (primary N) is 1. The minimum atomic E-state index is 0.198. The molecule has 106 valence electrons. The average Bonchev–Trinajstić information content (AvgIpc) is 3.20. The maximum Gasteiger partial charge on any atom is 0.130 e. The highest BCUT2D eigenvalue weighted by molar-refractivity contribution is 5.52. The summed E-state index contributed by atoms with van der Waals surface area (Å²) in [5, 5.41) is 4.64. The first-order valence-corrected chi connectivity index (χ1v) is 7.61. The van der Waals surface area contributed by atoms with Crippen molar-refractivity contribution in [3.05, 3.63) is 11.3 Å². The summed E-state index contributed by atoms with van der Waals surface area (Å²) in [6.45, 7) is 5.41. The van der Waals surface area contributed by atoms with Crippen LogP contribution in [0.4, 0.5) is 5.82 Å². The molecule has 2 aliphatic rings. The van der Waals surface area contributed by atoms with E-state index in [2.05, 4.69) is 35.6 Å². The largest absolute Gasteiger partial charge is 0.353 e. The maximum absolute atomic E-state index is 6.02. The lowest BCUT2D eigenvalue weighted by molar-refractivity contribution is 0.655. The Hall–Kier alpha value is -1.03. The van der Waals surface area contributed by atoms with E-state index in [1.807, 2.05) is 0 Å². The summed E-state index contributed by atoms with van der Waals surface area (Å²) in [5.74, 6) is 2.25. The molecule has 0 aliphatic heterocycles. The van der Waals surface area contributed by atoms with Gasteiger partial charge in [0.25, 0.3) is 0 Å². The van der Waals surface area contributed by atoms with Crippen molar-refractivity contribution >= 4 is 5.82 Å². The van der Waals surface area contributed by atoms with E-state index in [9.17, 15) is 0 Å². The Labute approximate surface area is 116 Å². The van der Waals surface area contributed by atoms with Crippen molar-refractivity contribution in [2.75, 3.05) is 11.4 Å². The second kappa shape index (κ2) is 4.82. The van der Waals surface area contributed by atoms with E-state index >= 15 is 0 Å². The number of rotatable bonds is 6. The van der Waals surface area contributed by atoms with E-state index in [1.165, 1.54) is 43.6 Å². The van der Waals surface area contributed by atoms with Crippen molar-refractivity contribution in [2.24, 2.45) is 18.7 Å². The molecule has 0 amide bonds. The normalized spacial score (nSPS) is 20.6. The van der Waals surface area contributed by atoms with Gasteiger partial charge in [-0.25, -0.2) is 0 Å². The van der Waals surface area contributed by atoms with Crippen LogP contribution in [0.15, 0.2) is 0 Å². The third-order valence-corrected chi connectivity index (χ3v) is 4.25. The number of hydrogen-bond acceptors (Lipinski definition) is 3. The minimum absolute atomic E-state index is 0.198. The van der Waals surface area contributed by atoms with E-state index in [0.717, 1.165) is 24.1 Å². The highest BCUT2D eigenvalue weighted by Gasteiger charge is 2.36. The zero-order chi connectivity index (χ0) is 13.6. The summed E-state index contributed by atoms with van der Waals surface area (Å²) in [6, 6.07) is 0.950. The zero-order valence-corrected chi connectivity index (χ0v) is 12.4. The maximum atomic E-state index is 6.02. The molecule has 1 atom stereocenters. The number of anilines is 1. The molecule has 0 radical (unpaired) electrons. The lowest BCUT2D eigenvalue weighted by Crippen LogP contribution is -2.31. The van der Waals surface area contributed by atoms with Gasteiger partial charge < -0.3 is 10.6 Å². The molecule has 2 saturated carbocycles. The van der Waals surface area contributed by atoms with Crippen LogP contribution in [0.2, 0.25) is 0 Å². The molecule has 2 N–H and O–H groups in total. The van der Waals surface area contributed by atoms with Gasteiger partial charge in [-0.1, -0.05) is 0 Å². The Morgan fingerprint density at radius 1 is 1.37 bits per heavy atom. The van der Waals surface area contributed by atoms with Crippen LogP contribution in [-0.2, 0) is 13.5 Å². The molecule has 4 heteroatoms. The Kier molecular flexibility index (Phi) is 3.29. The van der Waals surface area contributed by atoms with Crippen LogP contribution in [0.25, 0.3) is 0 Å². The standard InChI is InChI=1S/C15H26N4/c1-10(16)8-14-11(2)17-18(3)15(14)19(13-6-7-13)9-12-4-5-12/h10,12-13H,4-9,16H2,1-3H3. The van der Waals surface area contributed by atoms with E-state index in [-0.39, 0.29) is 6.04 Å².